The van der Waals surface area contributed by atoms with Crippen LogP contribution in [0.3, 0.4) is 0 Å². The molecule has 6 nitrogen and oxygen atoms in total. The molecule has 1 aromatic carbocycles. The standard InChI is InChI=1S/C20H19N5O/c1-25-8-7-15-16(9-21)19(24)20(11-22,12-23)18(17(15)10-25)13-3-5-14(26-2)6-4-13/h3-7,17-18H,8,10,24H2,1-2H3/p+1. The number of likely N-dealkylation sites (N-methyl/N-ethyl adjacent to an activating group) is 1. The maximum atomic E-state index is 9.97. The van der Waals surface area contributed by atoms with Gasteiger partial charge in [0.05, 0.1) is 50.7 Å². The van der Waals surface area contributed by atoms with Gasteiger partial charge in [0.15, 0.2) is 5.41 Å². The van der Waals surface area contributed by atoms with Gasteiger partial charge in [-0.25, -0.2) is 0 Å². The van der Waals surface area contributed by atoms with E-state index in [1.165, 1.54) is 4.90 Å². The van der Waals surface area contributed by atoms with Gasteiger partial charge >= 0.3 is 0 Å². The van der Waals surface area contributed by atoms with Crippen LogP contribution in [0.25, 0.3) is 0 Å². The molecule has 3 atom stereocenters. The third-order valence-corrected chi connectivity index (χ3v) is 5.43. The van der Waals surface area contributed by atoms with Gasteiger partial charge < -0.3 is 15.4 Å². The Hall–Kier alpha value is -3.27. The number of nitrogens with zero attached hydrogens (tertiary/aromatic N) is 3. The first-order valence-electron chi connectivity index (χ1n) is 8.40. The van der Waals surface area contributed by atoms with Crippen molar-refractivity contribution in [2.24, 2.45) is 17.1 Å². The van der Waals surface area contributed by atoms with Crippen molar-refractivity contribution >= 4 is 0 Å². The molecular formula is C20H20N5O+. The summed E-state index contributed by atoms with van der Waals surface area (Å²) in [7, 11) is 3.65. The minimum atomic E-state index is -1.57. The highest BCUT2D eigenvalue weighted by molar-refractivity contribution is 5.59. The molecule has 2 aliphatic rings. The van der Waals surface area contributed by atoms with Gasteiger partial charge in [-0.05, 0) is 29.3 Å². The number of nitrogens with two attached hydrogens (primary N) is 1. The number of methoxy groups -OCH3 is 1. The molecule has 1 aromatic rings. The van der Waals surface area contributed by atoms with Crippen LogP contribution in [0.15, 0.2) is 47.2 Å². The zero-order chi connectivity index (χ0) is 18.9. The molecule has 0 saturated carbocycles. The molecule has 3 rings (SSSR count). The Morgan fingerprint density at radius 1 is 1.19 bits per heavy atom. The number of benzene rings is 1. The van der Waals surface area contributed by atoms with Crippen molar-refractivity contribution in [2.75, 3.05) is 27.2 Å². The fourth-order valence-electron chi connectivity index (χ4n) is 4.11. The fraction of sp³-hybridized carbons (Fsp3) is 0.350. The summed E-state index contributed by atoms with van der Waals surface area (Å²) in [6, 6.07) is 13.8. The average molecular weight is 346 g/mol. The van der Waals surface area contributed by atoms with E-state index >= 15 is 0 Å². The van der Waals surface area contributed by atoms with Crippen molar-refractivity contribution in [2.45, 2.75) is 5.92 Å². The third-order valence-electron chi connectivity index (χ3n) is 5.43. The van der Waals surface area contributed by atoms with E-state index in [1.807, 2.05) is 30.3 Å². The van der Waals surface area contributed by atoms with Gasteiger partial charge in [-0.2, -0.15) is 15.8 Å². The molecule has 0 spiro atoms. The first kappa shape index (κ1) is 17.5. The molecule has 1 heterocycles. The van der Waals surface area contributed by atoms with E-state index in [0.29, 0.717) is 5.75 Å². The van der Waals surface area contributed by atoms with E-state index < -0.39 is 11.3 Å². The van der Waals surface area contributed by atoms with Crippen LogP contribution in [0.2, 0.25) is 0 Å². The van der Waals surface area contributed by atoms with E-state index in [9.17, 15) is 15.8 Å². The second kappa shape index (κ2) is 6.56. The van der Waals surface area contributed by atoms with E-state index in [0.717, 1.165) is 24.2 Å². The molecule has 26 heavy (non-hydrogen) atoms. The lowest BCUT2D eigenvalue weighted by Gasteiger charge is -2.43. The van der Waals surface area contributed by atoms with Gasteiger partial charge in [-0.1, -0.05) is 12.1 Å². The van der Waals surface area contributed by atoms with Crippen LogP contribution in [0, 0.1) is 45.3 Å². The minimum Gasteiger partial charge on any atom is -0.497 e. The number of allylic oxidation sites excluding steroid dienone is 2. The molecule has 0 saturated heterocycles. The zero-order valence-corrected chi connectivity index (χ0v) is 14.8. The first-order chi connectivity index (χ1) is 12.5. The third kappa shape index (κ3) is 2.42. The number of hydrogen-bond acceptors (Lipinski definition) is 5. The highest BCUT2D eigenvalue weighted by Crippen LogP contribution is 2.53. The number of nitrogens with one attached hydrogen (secondary N) is 1. The quantitative estimate of drug-likeness (QED) is 0.816. The highest BCUT2D eigenvalue weighted by atomic mass is 16.5. The molecule has 6 heteroatoms. The Balaban J connectivity index is 2.28. The van der Waals surface area contributed by atoms with E-state index in [2.05, 4.69) is 25.3 Å². The summed E-state index contributed by atoms with van der Waals surface area (Å²) in [5.74, 6) is 0.132. The highest BCUT2D eigenvalue weighted by Gasteiger charge is 2.55. The molecule has 1 aliphatic carbocycles. The van der Waals surface area contributed by atoms with Crippen molar-refractivity contribution < 1.29 is 9.64 Å². The van der Waals surface area contributed by atoms with E-state index in [1.54, 1.807) is 7.11 Å². The molecule has 0 radical (unpaired) electrons. The SMILES string of the molecule is COc1ccc(C2C3C[NH+](C)CC=C3C(C#N)=C(N)C2(C#N)C#N)cc1. The zero-order valence-electron chi connectivity index (χ0n) is 14.8. The Morgan fingerprint density at radius 2 is 1.85 bits per heavy atom. The minimum absolute atomic E-state index is 0.0628. The van der Waals surface area contributed by atoms with Crippen LogP contribution in [-0.2, 0) is 0 Å². The van der Waals surface area contributed by atoms with Crippen molar-refractivity contribution in [1.82, 2.24) is 0 Å². The molecule has 0 fully saturated rings. The van der Waals surface area contributed by atoms with Crippen LogP contribution in [0.1, 0.15) is 11.5 Å². The predicted octanol–water partition coefficient (Wildman–Crippen LogP) is 0.633. The number of nitriles is 3. The van der Waals surface area contributed by atoms with Crippen molar-refractivity contribution in [3.8, 4) is 24.0 Å². The summed E-state index contributed by atoms with van der Waals surface area (Å²) >= 11 is 0. The molecule has 130 valence electrons. The summed E-state index contributed by atoms with van der Waals surface area (Å²) in [5.41, 5.74) is 6.74. The summed E-state index contributed by atoms with van der Waals surface area (Å²) in [6.07, 6.45) is 2.02. The topological polar surface area (TPSA) is 111 Å². The van der Waals surface area contributed by atoms with Crippen LogP contribution < -0.4 is 15.4 Å². The Morgan fingerprint density at radius 3 is 2.38 bits per heavy atom. The van der Waals surface area contributed by atoms with E-state index in [-0.39, 0.29) is 17.2 Å². The van der Waals surface area contributed by atoms with E-state index in [4.69, 9.17) is 10.5 Å². The first-order valence-corrected chi connectivity index (χ1v) is 8.40. The number of rotatable bonds is 2. The average Bonchev–Trinajstić information content (AvgIpc) is 2.67. The molecule has 3 unspecified atom stereocenters. The number of ether oxygens (including phenoxy) is 1. The van der Waals surface area contributed by atoms with Crippen molar-refractivity contribution in [3.63, 3.8) is 0 Å². The monoisotopic (exact) mass is 346 g/mol. The van der Waals surface area contributed by atoms with Crippen molar-refractivity contribution in [1.29, 1.82) is 15.8 Å². The lowest BCUT2D eigenvalue weighted by Crippen LogP contribution is -3.10. The van der Waals surface area contributed by atoms with Gasteiger partial charge in [-0.15, -0.1) is 0 Å². The molecule has 0 aromatic heterocycles. The van der Waals surface area contributed by atoms with Crippen LogP contribution in [-0.4, -0.2) is 27.2 Å². The number of hydrogen-bond donors (Lipinski definition) is 2. The van der Waals surface area contributed by atoms with Crippen molar-refractivity contribution in [3.05, 3.63) is 52.7 Å². The lowest BCUT2D eigenvalue weighted by molar-refractivity contribution is -0.878. The molecule has 1 aliphatic heterocycles. The molecule has 0 bridgehead atoms. The molecule has 0 amide bonds. The smallest absolute Gasteiger partial charge is 0.191 e. The fourth-order valence-corrected chi connectivity index (χ4v) is 4.11. The van der Waals surface area contributed by atoms with Crippen LogP contribution >= 0.6 is 0 Å². The second-order valence-corrected chi connectivity index (χ2v) is 6.81. The Kier molecular flexibility index (Phi) is 4.43. The number of fused-ring (bicyclic) bond motifs is 1. The van der Waals surface area contributed by atoms with Gasteiger partial charge in [0.2, 0.25) is 0 Å². The van der Waals surface area contributed by atoms with Crippen LogP contribution in [0.5, 0.6) is 5.75 Å². The molecule has 3 N–H and O–H groups in total. The van der Waals surface area contributed by atoms with Gasteiger partial charge in [-0.3, -0.25) is 0 Å². The summed E-state index contributed by atoms with van der Waals surface area (Å²) < 4.78 is 5.22. The second-order valence-electron chi connectivity index (χ2n) is 6.81. The predicted molar refractivity (Wildman–Crippen MR) is 94.4 cm³/mol. The summed E-state index contributed by atoms with van der Waals surface area (Å²) in [5, 5.41) is 29.6. The van der Waals surface area contributed by atoms with Crippen LogP contribution in [0.4, 0.5) is 0 Å². The number of quaternary nitrogens is 1. The maximum absolute atomic E-state index is 9.97. The van der Waals surface area contributed by atoms with Gasteiger partial charge in [0.1, 0.15) is 11.8 Å². The normalized spacial score (nSPS) is 26.6. The van der Waals surface area contributed by atoms with Gasteiger partial charge in [0.25, 0.3) is 0 Å². The Bertz CT molecular complexity index is 893. The summed E-state index contributed by atoms with van der Waals surface area (Å²) in [4.78, 5) is 1.26. The molecular weight excluding hydrogens is 326 g/mol. The maximum Gasteiger partial charge on any atom is 0.191 e. The Labute approximate surface area is 153 Å². The largest absolute Gasteiger partial charge is 0.497 e. The van der Waals surface area contributed by atoms with Gasteiger partial charge in [0, 0.05) is 11.8 Å². The lowest BCUT2D eigenvalue weighted by atomic mass is 9.58. The summed E-state index contributed by atoms with van der Waals surface area (Å²) in [6.45, 7) is 1.51.